The van der Waals surface area contributed by atoms with Gasteiger partial charge in [0.1, 0.15) is 5.75 Å². The number of hydrogen-bond donors (Lipinski definition) is 1. The molecule has 6 nitrogen and oxygen atoms in total. The molecule has 3 aromatic rings. The van der Waals surface area contributed by atoms with Gasteiger partial charge in [0.15, 0.2) is 17.1 Å². The Bertz CT molecular complexity index is 1090. The van der Waals surface area contributed by atoms with Gasteiger partial charge in [0.25, 0.3) is 0 Å². The summed E-state index contributed by atoms with van der Waals surface area (Å²) in [6.45, 7) is 8.27. The van der Waals surface area contributed by atoms with Gasteiger partial charge in [0.05, 0.1) is 5.25 Å². The third-order valence-corrected chi connectivity index (χ3v) is 7.54. The maximum Gasteiger partial charge on any atom is 0.233 e. The topological polar surface area (TPSA) is 69.0 Å². The lowest BCUT2D eigenvalue weighted by Gasteiger charge is -2.24. The van der Waals surface area contributed by atoms with E-state index in [1.807, 2.05) is 60.9 Å². The van der Waals surface area contributed by atoms with Crippen LogP contribution >= 0.6 is 11.8 Å². The van der Waals surface area contributed by atoms with Crippen molar-refractivity contribution in [2.45, 2.75) is 88.3 Å². The average Bonchev–Trinajstić information content (AvgIpc) is 3.29. The highest BCUT2D eigenvalue weighted by Gasteiger charge is 2.26. The number of thioether (sulfide) groups is 1. The van der Waals surface area contributed by atoms with Gasteiger partial charge in [-0.25, -0.2) is 0 Å². The number of hydrogen-bond acceptors (Lipinski definition) is 5. The first-order valence-corrected chi connectivity index (χ1v) is 13.5. The van der Waals surface area contributed by atoms with Gasteiger partial charge in [0.2, 0.25) is 5.91 Å². The van der Waals surface area contributed by atoms with Gasteiger partial charge in [-0.1, -0.05) is 75.2 Å². The third-order valence-electron chi connectivity index (χ3n) is 6.50. The standard InChI is InChI=1S/C28H36N4O2S/c1-19(2)22-15-17-25(18-16-22)34-20(3)26-30-31-28(32(26)24-13-9-6-10-14-24)35-21(4)27(33)29-23-11-7-5-8-12-23/h6,9-10,13-21,23H,5,7-8,11-12H2,1-4H3,(H,29,33). The highest BCUT2D eigenvalue weighted by molar-refractivity contribution is 8.00. The van der Waals surface area contributed by atoms with Crippen molar-refractivity contribution in [3.8, 4) is 11.4 Å². The van der Waals surface area contributed by atoms with Crippen molar-refractivity contribution >= 4 is 17.7 Å². The van der Waals surface area contributed by atoms with Crippen molar-refractivity contribution < 1.29 is 9.53 Å². The van der Waals surface area contributed by atoms with Crippen LogP contribution in [0.2, 0.25) is 0 Å². The van der Waals surface area contributed by atoms with Crippen LogP contribution in [0, 0.1) is 0 Å². The van der Waals surface area contributed by atoms with Gasteiger partial charge in [-0.05, 0) is 62.4 Å². The molecule has 1 amide bonds. The molecular weight excluding hydrogens is 456 g/mol. The maximum atomic E-state index is 12.9. The molecule has 4 rings (SSSR count). The van der Waals surface area contributed by atoms with E-state index in [1.54, 1.807) is 0 Å². The van der Waals surface area contributed by atoms with Crippen molar-refractivity contribution in [1.82, 2.24) is 20.1 Å². The monoisotopic (exact) mass is 492 g/mol. The minimum Gasteiger partial charge on any atom is -0.483 e. The smallest absolute Gasteiger partial charge is 0.233 e. The Morgan fingerprint density at radius 3 is 2.31 bits per heavy atom. The summed E-state index contributed by atoms with van der Waals surface area (Å²) in [5.41, 5.74) is 2.22. The lowest BCUT2D eigenvalue weighted by molar-refractivity contribution is -0.121. The van der Waals surface area contributed by atoms with E-state index in [0.717, 1.165) is 24.3 Å². The van der Waals surface area contributed by atoms with Gasteiger partial charge >= 0.3 is 0 Å². The molecule has 1 heterocycles. The van der Waals surface area contributed by atoms with Crippen molar-refractivity contribution in [1.29, 1.82) is 0 Å². The first-order chi connectivity index (χ1) is 16.9. The number of ether oxygens (including phenoxy) is 1. The fraction of sp³-hybridized carbons (Fsp3) is 0.464. The van der Waals surface area contributed by atoms with Crippen molar-refractivity contribution in [3.63, 3.8) is 0 Å². The highest BCUT2D eigenvalue weighted by atomic mass is 32.2. The average molecular weight is 493 g/mol. The molecule has 7 heteroatoms. The van der Waals surface area contributed by atoms with Gasteiger partial charge in [0, 0.05) is 11.7 Å². The van der Waals surface area contributed by atoms with Crippen molar-refractivity contribution in [2.75, 3.05) is 0 Å². The van der Waals surface area contributed by atoms with Gasteiger partial charge < -0.3 is 10.1 Å². The number of carbonyl (C=O) groups is 1. The van der Waals surface area contributed by atoms with Crippen LogP contribution in [0.3, 0.4) is 0 Å². The molecule has 0 radical (unpaired) electrons. The maximum absolute atomic E-state index is 12.9. The summed E-state index contributed by atoms with van der Waals surface area (Å²) in [5.74, 6) is 2.02. The molecule has 2 atom stereocenters. The number of aromatic nitrogens is 3. The van der Waals surface area contributed by atoms with Crippen LogP contribution < -0.4 is 10.1 Å². The van der Waals surface area contributed by atoms with Crippen LogP contribution in [0.5, 0.6) is 5.75 Å². The lowest BCUT2D eigenvalue weighted by atomic mass is 9.95. The Balaban J connectivity index is 1.53. The summed E-state index contributed by atoms with van der Waals surface area (Å²) in [7, 11) is 0. The fourth-order valence-electron chi connectivity index (χ4n) is 4.41. The minimum atomic E-state index is -0.326. The van der Waals surface area contributed by atoms with Crippen LogP contribution in [-0.4, -0.2) is 32.0 Å². The molecule has 1 saturated carbocycles. The molecule has 0 spiro atoms. The largest absolute Gasteiger partial charge is 0.483 e. The van der Waals surface area contributed by atoms with Crippen LogP contribution in [-0.2, 0) is 4.79 Å². The molecule has 0 bridgehead atoms. The van der Waals surface area contributed by atoms with E-state index in [9.17, 15) is 4.79 Å². The number of carbonyl (C=O) groups excluding carboxylic acids is 1. The zero-order valence-electron chi connectivity index (χ0n) is 21.1. The van der Waals surface area contributed by atoms with Crippen LogP contribution in [0.4, 0.5) is 0 Å². The van der Waals surface area contributed by atoms with Gasteiger partial charge in [-0.15, -0.1) is 10.2 Å². The Labute approximate surface area is 212 Å². The number of benzene rings is 2. The van der Waals surface area contributed by atoms with E-state index >= 15 is 0 Å². The molecule has 0 saturated heterocycles. The third kappa shape index (κ3) is 6.45. The predicted octanol–water partition coefficient (Wildman–Crippen LogP) is 6.46. The van der Waals surface area contributed by atoms with E-state index in [4.69, 9.17) is 4.74 Å². The van der Waals surface area contributed by atoms with Gasteiger partial charge in [-0.3, -0.25) is 9.36 Å². The zero-order chi connectivity index (χ0) is 24.8. The number of amides is 1. The fourth-order valence-corrected chi connectivity index (χ4v) is 5.29. The summed E-state index contributed by atoms with van der Waals surface area (Å²) >= 11 is 1.43. The predicted molar refractivity (Wildman–Crippen MR) is 141 cm³/mol. The first kappa shape index (κ1) is 25.3. The SMILES string of the molecule is CC(Sc1nnc(C(C)Oc2ccc(C(C)C)cc2)n1-c1ccccc1)C(=O)NC1CCCCC1. The molecule has 1 aromatic heterocycles. The summed E-state index contributed by atoms with van der Waals surface area (Å²) in [6, 6.07) is 18.5. The second-order valence-corrected chi connectivity index (χ2v) is 10.9. The van der Waals surface area contributed by atoms with Crippen LogP contribution in [0.25, 0.3) is 5.69 Å². The second kappa shape index (κ2) is 11.8. The van der Waals surface area contributed by atoms with Crippen LogP contribution in [0.15, 0.2) is 59.8 Å². The highest BCUT2D eigenvalue weighted by Crippen LogP contribution is 2.30. The van der Waals surface area contributed by atoms with E-state index in [2.05, 4.69) is 41.5 Å². The molecule has 35 heavy (non-hydrogen) atoms. The summed E-state index contributed by atoms with van der Waals surface area (Å²) in [5, 5.41) is 12.6. The Morgan fingerprint density at radius 1 is 0.971 bits per heavy atom. The second-order valence-electron chi connectivity index (χ2n) is 9.60. The summed E-state index contributed by atoms with van der Waals surface area (Å²) < 4.78 is 8.25. The molecular formula is C28H36N4O2S. The minimum absolute atomic E-state index is 0.0561. The quantitative estimate of drug-likeness (QED) is 0.347. The van der Waals surface area contributed by atoms with E-state index in [0.29, 0.717) is 16.9 Å². The van der Waals surface area contributed by atoms with E-state index in [-0.39, 0.29) is 23.3 Å². The van der Waals surface area contributed by atoms with Crippen LogP contribution in [0.1, 0.15) is 83.2 Å². The molecule has 2 aromatic carbocycles. The van der Waals surface area contributed by atoms with E-state index in [1.165, 1.54) is 36.6 Å². The molecule has 1 fully saturated rings. The zero-order valence-corrected chi connectivity index (χ0v) is 21.9. The lowest BCUT2D eigenvalue weighted by Crippen LogP contribution is -2.40. The van der Waals surface area contributed by atoms with Crippen molar-refractivity contribution in [3.05, 3.63) is 66.0 Å². The summed E-state index contributed by atoms with van der Waals surface area (Å²) in [6.07, 6.45) is 5.46. The van der Waals surface area contributed by atoms with E-state index < -0.39 is 0 Å². The molecule has 1 N–H and O–H groups in total. The number of rotatable bonds is 9. The first-order valence-electron chi connectivity index (χ1n) is 12.7. The number of nitrogens with zero attached hydrogens (tertiary/aromatic N) is 3. The Hall–Kier alpha value is -2.80. The molecule has 186 valence electrons. The normalized spacial score (nSPS) is 16.1. The Kier molecular flexibility index (Phi) is 8.50. The van der Waals surface area contributed by atoms with Crippen molar-refractivity contribution in [2.24, 2.45) is 0 Å². The molecule has 1 aliphatic carbocycles. The molecule has 2 unspecified atom stereocenters. The molecule has 0 aliphatic heterocycles. The van der Waals surface area contributed by atoms with Gasteiger partial charge in [-0.2, -0.15) is 0 Å². The molecule has 1 aliphatic rings. The summed E-state index contributed by atoms with van der Waals surface area (Å²) in [4.78, 5) is 12.9. The Morgan fingerprint density at radius 2 is 1.66 bits per heavy atom. The number of para-hydroxylation sites is 1. The number of nitrogens with one attached hydrogen (secondary N) is 1.